The first-order chi connectivity index (χ1) is 15.7. The van der Waals surface area contributed by atoms with Crippen molar-refractivity contribution < 1.29 is 22.8 Å². The number of rotatable bonds is 7. The predicted octanol–water partition coefficient (Wildman–Crippen LogP) is 2.68. The van der Waals surface area contributed by atoms with E-state index in [-0.39, 0.29) is 28.9 Å². The van der Waals surface area contributed by atoms with Gasteiger partial charge in [-0.1, -0.05) is 12.1 Å². The Bertz CT molecular complexity index is 1300. The average molecular weight is 465 g/mol. The quantitative estimate of drug-likeness (QED) is 0.518. The van der Waals surface area contributed by atoms with Crippen molar-refractivity contribution >= 4 is 39.1 Å². The number of aromatic nitrogens is 1. The summed E-state index contributed by atoms with van der Waals surface area (Å²) in [5.41, 5.74) is 2.13. The summed E-state index contributed by atoms with van der Waals surface area (Å²) < 4.78 is 27.8. The zero-order valence-electron chi connectivity index (χ0n) is 17.6. The molecule has 0 aliphatic carbocycles. The molecule has 2 heterocycles. The van der Waals surface area contributed by atoms with Crippen LogP contribution in [0.4, 0.5) is 11.4 Å². The van der Waals surface area contributed by atoms with Gasteiger partial charge >= 0.3 is 0 Å². The van der Waals surface area contributed by atoms with E-state index in [1.165, 1.54) is 25.3 Å². The van der Waals surface area contributed by atoms with Crippen LogP contribution < -0.4 is 10.0 Å². The molecule has 33 heavy (non-hydrogen) atoms. The van der Waals surface area contributed by atoms with E-state index in [1.54, 1.807) is 48.5 Å². The summed E-state index contributed by atoms with van der Waals surface area (Å²) in [5, 5.41) is 2.61. The summed E-state index contributed by atoms with van der Waals surface area (Å²) in [7, 11) is -3.81. The van der Waals surface area contributed by atoms with E-state index in [0.29, 0.717) is 23.4 Å². The number of carbonyl (C=O) groups excluding carboxylic acids is 3. The number of sulfonamides is 1. The lowest BCUT2D eigenvalue weighted by Gasteiger charge is -2.14. The van der Waals surface area contributed by atoms with Gasteiger partial charge in [-0.2, -0.15) is 0 Å². The number of pyridine rings is 1. The number of benzene rings is 2. The van der Waals surface area contributed by atoms with E-state index < -0.39 is 15.9 Å². The Morgan fingerprint density at radius 2 is 1.61 bits per heavy atom. The van der Waals surface area contributed by atoms with Crippen LogP contribution in [0.15, 0.2) is 71.8 Å². The second-order valence-corrected chi connectivity index (χ2v) is 9.10. The average Bonchev–Trinajstić information content (AvgIpc) is 3.03. The molecule has 2 N–H and O–H groups in total. The van der Waals surface area contributed by atoms with Crippen molar-refractivity contribution in [3.63, 3.8) is 0 Å². The van der Waals surface area contributed by atoms with Crippen molar-refractivity contribution in [1.29, 1.82) is 0 Å². The first-order valence-corrected chi connectivity index (χ1v) is 11.5. The van der Waals surface area contributed by atoms with E-state index >= 15 is 0 Å². The van der Waals surface area contributed by atoms with E-state index in [2.05, 4.69) is 15.0 Å². The monoisotopic (exact) mass is 464 g/mol. The Kier molecular flexibility index (Phi) is 5.93. The van der Waals surface area contributed by atoms with Crippen LogP contribution in [0.3, 0.4) is 0 Å². The number of carbonyl (C=O) groups is 3. The number of amides is 3. The zero-order valence-corrected chi connectivity index (χ0v) is 18.4. The normalized spacial score (nSPS) is 13.1. The van der Waals surface area contributed by atoms with Crippen molar-refractivity contribution in [2.24, 2.45) is 0 Å². The van der Waals surface area contributed by atoms with Gasteiger partial charge in [-0.25, -0.2) is 8.42 Å². The Balaban J connectivity index is 1.39. The molecule has 2 aromatic carbocycles. The summed E-state index contributed by atoms with van der Waals surface area (Å²) in [6.07, 6.45) is 1.85. The van der Waals surface area contributed by atoms with Gasteiger partial charge in [-0.05, 0) is 60.5 Å². The number of nitrogens with zero attached hydrogens (tertiary/aromatic N) is 2. The third-order valence-corrected chi connectivity index (χ3v) is 6.44. The molecular weight excluding hydrogens is 444 g/mol. The van der Waals surface area contributed by atoms with Crippen LogP contribution in [0.2, 0.25) is 0 Å². The van der Waals surface area contributed by atoms with E-state index in [9.17, 15) is 22.8 Å². The van der Waals surface area contributed by atoms with Crippen molar-refractivity contribution in [2.45, 2.75) is 18.2 Å². The number of hydrogen-bond acceptors (Lipinski definition) is 6. The first-order valence-electron chi connectivity index (χ1n) is 10.1. The molecule has 1 aliphatic heterocycles. The molecular formula is C23H20N4O5S. The highest BCUT2D eigenvalue weighted by Crippen LogP contribution is 2.22. The minimum absolute atomic E-state index is 0.0714. The summed E-state index contributed by atoms with van der Waals surface area (Å²) in [5.74, 6) is -1.03. The van der Waals surface area contributed by atoms with Crippen LogP contribution >= 0.6 is 0 Å². The Morgan fingerprint density at radius 1 is 0.939 bits per heavy atom. The molecule has 0 atom stereocenters. The van der Waals surface area contributed by atoms with Gasteiger partial charge in [-0.15, -0.1) is 0 Å². The molecule has 10 heteroatoms. The Morgan fingerprint density at radius 3 is 2.24 bits per heavy atom. The van der Waals surface area contributed by atoms with Gasteiger partial charge in [0.1, 0.15) is 5.69 Å². The van der Waals surface area contributed by atoms with Crippen LogP contribution in [0.5, 0.6) is 0 Å². The summed E-state index contributed by atoms with van der Waals surface area (Å²) in [6.45, 7) is 1.55. The van der Waals surface area contributed by atoms with Crippen molar-refractivity contribution in [3.05, 3.63) is 83.7 Å². The molecule has 0 bridgehead atoms. The maximum atomic E-state index is 12.7. The minimum atomic E-state index is -3.81. The summed E-state index contributed by atoms with van der Waals surface area (Å²) in [6, 6.07) is 15.7. The van der Waals surface area contributed by atoms with Gasteiger partial charge in [0.25, 0.3) is 21.8 Å². The van der Waals surface area contributed by atoms with Gasteiger partial charge in [0, 0.05) is 31.0 Å². The molecule has 1 aromatic heterocycles. The van der Waals surface area contributed by atoms with Crippen molar-refractivity contribution in [2.75, 3.05) is 16.6 Å². The molecule has 0 spiro atoms. The van der Waals surface area contributed by atoms with Crippen LogP contribution in [0.1, 0.15) is 33.3 Å². The Hall–Kier alpha value is -4.05. The maximum Gasteiger partial charge on any atom is 0.280 e. The van der Waals surface area contributed by atoms with Gasteiger partial charge in [0.15, 0.2) is 0 Å². The lowest BCUT2D eigenvalue weighted by molar-refractivity contribution is -0.114. The molecule has 0 fully saturated rings. The molecule has 1 aliphatic rings. The second kappa shape index (κ2) is 8.83. The molecule has 3 aromatic rings. The number of imide groups is 1. The largest absolute Gasteiger partial charge is 0.326 e. The molecule has 0 unspecified atom stereocenters. The van der Waals surface area contributed by atoms with Crippen LogP contribution in [-0.2, 0) is 21.2 Å². The number of fused-ring (bicyclic) bond motifs is 1. The van der Waals surface area contributed by atoms with E-state index in [4.69, 9.17) is 0 Å². The Labute approximate surface area is 190 Å². The van der Waals surface area contributed by atoms with Gasteiger partial charge in [-0.3, -0.25) is 29.0 Å². The van der Waals surface area contributed by atoms with Gasteiger partial charge in [0.2, 0.25) is 5.91 Å². The lowest BCUT2D eigenvalue weighted by Crippen LogP contribution is -2.31. The highest BCUT2D eigenvalue weighted by atomic mass is 32.2. The van der Waals surface area contributed by atoms with Crippen LogP contribution in [0.25, 0.3) is 0 Å². The van der Waals surface area contributed by atoms with E-state index in [0.717, 1.165) is 10.5 Å². The third kappa shape index (κ3) is 4.75. The first kappa shape index (κ1) is 22.2. The fraction of sp³-hybridized carbons (Fsp3) is 0.130. The summed E-state index contributed by atoms with van der Waals surface area (Å²) in [4.78, 5) is 41.1. The fourth-order valence-electron chi connectivity index (χ4n) is 3.43. The molecule has 0 saturated heterocycles. The smallest absolute Gasteiger partial charge is 0.280 e. The fourth-order valence-corrected chi connectivity index (χ4v) is 4.49. The zero-order chi connectivity index (χ0) is 23.6. The SMILES string of the molecule is CC(=O)Nc1ccc(NS(=O)(=O)c2ccc(CCN3C(=O)c4cccnc4C3=O)cc2)cc1. The molecule has 4 rings (SSSR count). The molecule has 0 saturated carbocycles. The van der Waals surface area contributed by atoms with E-state index in [1.807, 2.05) is 0 Å². The van der Waals surface area contributed by atoms with Crippen molar-refractivity contribution in [3.8, 4) is 0 Å². The molecule has 3 amide bonds. The number of anilines is 2. The number of nitrogens with one attached hydrogen (secondary N) is 2. The summed E-state index contributed by atoms with van der Waals surface area (Å²) >= 11 is 0. The molecule has 9 nitrogen and oxygen atoms in total. The van der Waals surface area contributed by atoms with Crippen LogP contribution in [-0.4, -0.2) is 42.6 Å². The van der Waals surface area contributed by atoms with Gasteiger partial charge < -0.3 is 5.32 Å². The number of hydrogen-bond donors (Lipinski definition) is 2. The standard InChI is InChI=1S/C23H20N4O5S/c1-15(28)25-17-6-8-18(9-7-17)26-33(31,32)19-10-4-16(5-11-19)12-14-27-22(29)20-3-2-13-24-21(20)23(27)30/h2-11,13,26H,12,14H2,1H3,(H,25,28). The maximum absolute atomic E-state index is 12.7. The topological polar surface area (TPSA) is 126 Å². The van der Waals surface area contributed by atoms with Gasteiger partial charge in [0.05, 0.1) is 10.5 Å². The van der Waals surface area contributed by atoms with Crippen molar-refractivity contribution in [1.82, 2.24) is 9.88 Å². The minimum Gasteiger partial charge on any atom is -0.326 e. The van der Waals surface area contributed by atoms with Crippen LogP contribution in [0, 0.1) is 0 Å². The lowest BCUT2D eigenvalue weighted by atomic mass is 10.1. The molecule has 0 radical (unpaired) electrons. The highest BCUT2D eigenvalue weighted by molar-refractivity contribution is 7.92. The predicted molar refractivity (Wildman–Crippen MR) is 121 cm³/mol. The second-order valence-electron chi connectivity index (χ2n) is 7.42. The third-order valence-electron chi connectivity index (χ3n) is 5.05. The highest BCUT2D eigenvalue weighted by Gasteiger charge is 2.36. The molecule has 168 valence electrons.